The number of benzene rings is 1. The molecule has 27 nitrogen and oxygen atoms in total. The summed E-state index contributed by atoms with van der Waals surface area (Å²) in [6.07, 6.45) is 14.7. The van der Waals surface area contributed by atoms with Gasteiger partial charge in [0, 0.05) is 55.6 Å². The van der Waals surface area contributed by atoms with E-state index in [2.05, 4.69) is 94.9 Å². The van der Waals surface area contributed by atoms with Crippen molar-refractivity contribution in [2.45, 2.75) is 206 Å². The second kappa shape index (κ2) is 54.2. The van der Waals surface area contributed by atoms with E-state index in [0.29, 0.717) is 111 Å². The topological polar surface area (TPSA) is 421 Å². The van der Waals surface area contributed by atoms with Gasteiger partial charge in [0.2, 0.25) is 23.1 Å². The maximum atomic E-state index is 13.2. The van der Waals surface area contributed by atoms with Crippen molar-refractivity contribution < 1.29 is 62.1 Å². The van der Waals surface area contributed by atoms with Crippen LogP contribution in [0.15, 0.2) is 91.5 Å². The Bertz CT molecular complexity index is 3840. The lowest BCUT2D eigenvalue weighted by Crippen LogP contribution is -2.35. The third-order valence-electron chi connectivity index (χ3n) is 16.5. The smallest absolute Gasteiger partial charge is 0.225 e. The van der Waals surface area contributed by atoms with Crippen molar-refractivity contribution in [1.82, 2.24) is 59.8 Å². The van der Waals surface area contributed by atoms with Crippen LogP contribution >= 0.6 is 23.2 Å². The SMILES string of the molecule is CCCC[C@@H](C)C(O)CF.CCCC[C@@H](N)C(O)CF.CCCC[C@@H](Nc1nc(N)nc2cccnc12)C(O)CF.CCCC[C@@H](Nc1nc(N)nc2cccnc12)C(O)CF.CCCC[C@@H](Nc1nc(NCc2ccc(OC)cc2OC)nc2cccnc12)C(O)CF.CCO.Clc1nc(Cl)c2ncccc2n1. The maximum absolute atomic E-state index is 13.2. The summed E-state index contributed by atoms with van der Waals surface area (Å²) in [5, 5.41) is 68.2. The summed E-state index contributed by atoms with van der Waals surface area (Å²) >= 11 is 11.4. The van der Waals surface area contributed by atoms with Gasteiger partial charge in [-0.25, -0.2) is 46.9 Å². The number of alkyl halides is 5. The second-order valence-electron chi connectivity index (χ2n) is 25.1. The van der Waals surface area contributed by atoms with E-state index in [1.54, 1.807) is 88.4 Å². The number of aliphatic hydroxyl groups is 6. The van der Waals surface area contributed by atoms with Gasteiger partial charge in [0.1, 0.15) is 85.3 Å². The van der Waals surface area contributed by atoms with Crippen molar-refractivity contribution in [3.05, 3.63) is 108 Å². The van der Waals surface area contributed by atoms with Crippen molar-refractivity contribution in [2.75, 3.05) is 86.9 Å². The summed E-state index contributed by atoms with van der Waals surface area (Å²) in [5.41, 5.74) is 22.5. The molecule has 0 saturated heterocycles. The summed E-state index contributed by atoms with van der Waals surface area (Å²) in [4.78, 5) is 50.1. The molecule has 9 rings (SSSR count). The van der Waals surface area contributed by atoms with Crippen LogP contribution in [0, 0.1) is 5.92 Å². The van der Waals surface area contributed by atoms with Gasteiger partial charge in [-0.2, -0.15) is 15.0 Å². The fourth-order valence-corrected chi connectivity index (χ4v) is 10.7. The van der Waals surface area contributed by atoms with Crippen LogP contribution in [0.3, 0.4) is 0 Å². The highest BCUT2D eigenvalue weighted by Crippen LogP contribution is 2.29. The lowest BCUT2D eigenvalue weighted by Gasteiger charge is -2.23. The van der Waals surface area contributed by atoms with E-state index < -0.39 is 82.0 Å². The van der Waals surface area contributed by atoms with Gasteiger partial charge in [-0.05, 0) is 117 Å². The minimum atomic E-state index is -1.13. The maximum Gasteiger partial charge on any atom is 0.225 e. The average molecular weight is 1570 g/mol. The number of unbranched alkanes of at least 4 members (excludes halogenated alkanes) is 5. The van der Waals surface area contributed by atoms with Crippen molar-refractivity contribution in [3.8, 4) is 11.5 Å². The van der Waals surface area contributed by atoms with Gasteiger partial charge in [0.05, 0.1) is 66.6 Å². The molecule has 109 heavy (non-hydrogen) atoms. The molecule has 0 spiro atoms. The molecule has 0 aliphatic heterocycles. The number of halogens is 7. The molecule has 8 aromatic heterocycles. The molecule has 0 aliphatic rings. The number of hydrogen-bond donors (Lipinski definition) is 13. The molecule has 34 heteroatoms. The fraction of sp³-hybridized carbons (Fsp3) is 0.547. The van der Waals surface area contributed by atoms with Gasteiger partial charge >= 0.3 is 0 Å². The Morgan fingerprint density at radius 1 is 0.459 bits per heavy atom. The van der Waals surface area contributed by atoms with Crippen LogP contribution in [-0.4, -0.2) is 199 Å². The van der Waals surface area contributed by atoms with Crippen LogP contribution < -0.4 is 47.9 Å². The molecule has 16 N–H and O–H groups in total. The number of nitrogens with two attached hydrogens (primary N) is 3. The van der Waals surface area contributed by atoms with E-state index in [1.165, 1.54) is 0 Å². The quantitative estimate of drug-likeness (QED) is 0.00985. The predicted molar refractivity (Wildman–Crippen MR) is 425 cm³/mol. The number of ether oxygens (including phenoxy) is 2. The number of hydrogen-bond acceptors (Lipinski definition) is 27. The van der Waals surface area contributed by atoms with Crippen LogP contribution in [-0.2, 0) is 6.54 Å². The number of nitrogens with one attached hydrogen (secondary N) is 4. The van der Waals surface area contributed by atoms with Crippen molar-refractivity contribution in [1.29, 1.82) is 0 Å². The Morgan fingerprint density at radius 3 is 1.23 bits per heavy atom. The first-order valence-electron chi connectivity index (χ1n) is 36.7. The van der Waals surface area contributed by atoms with Crippen LogP contribution in [0.1, 0.15) is 150 Å². The van der Waals surface area contributed by atoms with E-state index in [9.17, 15) is 37.3 Å². The number of aliphatic hydroxyl groups excluding tert-OH is 6. The van der Waals surface area contributed by atoms with Crippen LogP contribution in [0.2, 0.25) is 10.4 Å². The number of anilines is 6. The number of methoxy groups -OCH3 is 2. The zero-order valence-corrected chi connectivity index (χ0v) is 65.2. The molecule has 0 aliphatic carbocycles. The Balaban J connectivity index is 0.000000354. The molecule has 0 amide bonds. The first-order chi connectivity index (χ1) is 52.5. The van der Waals surface area contributed by atoms with Gasteiger partial charge in [-0.15, -0.1) is 0 Å². The Morgan fingerprint density at radius 2 is 0.835 bits per heavy atom. The first kappa shape index (κ1) is 94.7. The van der Waals surface area contributed by atoms with Crippen molar-refractivity contribution in [2.24, 2.45) is 11.7 Å². The van der Waals surface area contributed by atoms with Crippen LogP contribution in [0.5, 0.6) is 11.5 Å². The Kier molecular flexibility index (Phi) is 47.1. The number of fused-ring (bicyclic) bond motifs is 4. The second-order valence-corrected chi connectivity index (χ2v) is 25.8. The summed E-state index contributed by atoms with van der Waals surface area (Å²) in [6, 6.07) is 18.1. The molecular weight excluding hydrogens is 1460 g/mol. The monoisotopic (exact) mass is 1570 g/mol. The third kappa shape index (κ3) is 33.7. The van der Waals surface area contributed by atoms with Gasteiger partial charge in [-0.1, -0.05) is 117 Å². The van der Waals surface area contributed by atoms with Crippen LogP contribution in [0.4, 0.5) is 57.3 Å². The third-order valence-corrected chi connectivity index (χ3v) is 17.0. The van der Waals surface area contributed by atoms with E-state index in [-0.39, 0.29) is 40.9 Å². The fourth-order valence-electron chi connectivity index (χ4n) is 10.2. The predicted octanol–water partition coefficient (Wildman–Crippen LogP) is 13.1. The van der Waals surface area contributed by atoms with Crippen molar-refractivity contribution in [3.63, 3.8) is 0 Å². The minimum Gasteiger partial charge on any atom is -0.497 e. The highest BCUT2D eigenvalue weighted by Gasteiger charge is 2.25. The summed E-state index contributed by atoms with van der Waals surface area (Å²) in [7, 11) is 3.21. The highest BCUT2D eigenvalue weighted by molar-refractivity contribution is 6.35. The summed E-state index contributed by atoms with van der Waals surface area (Å²) < 4.78 is 73.1. The Labute approximate surface area is 645 Å². The minimum absolute atomic E-state index is 0.113. The lowest BCUT2D eigenvalue weighted by atomic mass is 9.99. The van der Waals surface area contributed by atoms with Gasteiger partial charge in [0.15, 0.2) is 22.6 Å². The molecule has 1 aromatic carbocycles. The number of pyridine rings is 4. The Hall–Kier alpha value is -8.47. The zero-order valence-electron chi connectivity index (χ0n) is 63.7. The summed E-state index contributed by atoms with van der Waals surface area (Å²) in [5.74, 6) is 3.41. The molecule has 9 aromatic rings. The molecule has 604 valence electrons. The summed E-state index contributed by atoms with van der Waals surface area (Å²) in [6.45, 7) is 10.7. The number of nitrogens with zero attached hydrogens (tertiary/aromatic N) is 12. The largest absolute Gasteiger partial charge is 0.497 e. The molecular formula is C75H112Cl2F5N19O8. The number of nitrogen functional groups attached to an aromatic ring is 2. The lowest BCUT2D eigenvalue weighted by molar-refractivity contribution is 0.0835. The van der Waals surface area contributed by atoms with Crippen LogP contribution in [0.25, 0.3) is 44.1 Å². The van der Waals surface area contributed by atoms with Gasteiger partial charge in [0.25, 0.3) is 0 Å². The molecule has 0 radical (unpaired) electrons. The van der Waals surface area contributed by atoms with Gasteiger partial charge < -0.3 is 78.6 Å². The number of aromatic nitrogens is 12. The molecule has 0 saturated carbocycles. The van der Waals surface area contributed by atoms with E-state index >= 15 is 0 Å². The van der Waals surface area contributed by atoms with E-state index in [4.69, 9.17) is 65.2 Å². The van der Waals surface area contributed by atoms with E-state index in [0.717, 1.165) is 76.2 Å². The zero-order chi connectivity index (χ0) is 80.6. The number of rotatable bonds is 36. The first-order valence-corrected chi connectivity index (χ1v) is 37.4. The molecule has 0 bridgehead atoms. The molecule has 5 unspecified atom stereocenters. The van der Waals surface area contributed by atoms with Crippen molar-refractivity contribution >= 4 is 103 Å². The molecule has 10 atom stereocenters. The highest BCUT2D eigenvalue weighted by atomic mass is 35.5. The molecule has 8 heterocycles. The molecule has 0 fully saturated rings. The standard InChI is InChI=1S/C23H30FN5O3.2C14H20FN5O.C8H17FO.C7H3Cl2N3.C7H16FNO.C2H6O/c1-4-5-7-17(19(30)13-24)27-22-21-18(8-6-11-25-21)28-23(29-22)26-14-15-9-10-16(31-2)12-20(15)32-3;2*1-2-3-5-9(11(21)8-15)18-13-12-10(6-4-7-17-12)19-14(16)20-13;1-3-4-5-7(2)8(10)6-9;8-6-5-4(2-1-3-10-5)11-7(9)12-6;1-2-3-4-6(9)7(10)5-8;1-2-3/h6,8-12,17,19,30H,4-5,7,13-14H2,1-3H3,(H2,26,27,28,29);2*4,6-7,9,11,21H,2-3,5,8H2,1H3,(H3,16,18,19,20);7-8,10H,3-6H2,1-2H3;1-3H;6-7,10H,2-5,9H2,1H3;3H,2H2,1H3/t17-,19?;2*9-,11?;7-,8?;;6-,7?;/m1111.1./s1. The average Bonchev–Trinajstić information content (AvgIpc) is 0.812. The van der Waals surface area contributed by atoms with Gasteiger partial charge in [-0.3, -0.25) is 19.9 Å². The van der Waals surface area contributed by atoms with E-state index in [1.807, 2.05) is 52.0 Å². The normalized spacial score (nSPS) is 13.6.